The van der Waals surface area contributed by atoms with Crippen molar-refractivity contribution in [2.75, 3.05) is 6.54 Å². The van der Waals surface area contributed by atoms with Gasteiger partial charge < -0.3 is 16.0 Å². The van der Waals surface area contributed by atoms with E-state index in [-0.39, 0.29) is 11.9 Å². The van der Waals surface area contributed by atoms with Gasteiger partial charge in [0.25, 0.3) is 0 Å². The van der Waals surface area contributed by atoms with Gasteiger partial charge in [-0.3, -0.25) is 4.79 Å². The largest absolute Gasteiger partial charge is 0.355 e. The van der Waals surface area contributed by atoms with Gasteiger partial charge in [0.1, 0.15) is 6.04 Å². The normalized spacial score (nSPS) is 11.5. The first-order valence-corrected chi connectivity index (χ1v) is 6.88. The number of carbonyl (C=O) groups is 2. The van der Waals surface area contributed by atoms with Crippen LogP contribution in [0.5, 0.6) is 0 Å². The van der Waals surface area contributed by atoms with Gasteiger partial charge in [-0.05, 0) is 31.5 Å². The molecule has 0 unspecified atom stereocenters. The Hall–Kier alpha value is -1.56. The molecular formula is C13H18BrN3O2. The number of nitrogens with one attached hydrogen (secondary N) is 3. The number of benzene rings is 1. The minimum Gasteiger partial charge on any atom is -0.355 e. The monoisotopic (exact) mass is 327 g/mol. The van der Waals surface area contributed by atoms with Gasteiger partial charge in [-0.1, -0.05) is 28.1 Å². The Balaban J connectivity index is 2.37. The quantitative estimate of drug-likeness (QED) is 0.771. The molecule has 3 N–H and O–H groups in total. The minimum absolute atomic E-state index is 0.194. The molecule has 0 saturated carbocycles. The van der Waals surface area contributed by atoms with E-state index in [1.165, 1.54) is 0 Å². The number of hydrogen-bond acceptors (Lipinski definition) is 2. The first kappa shape index (κ1) is 15.5. The Morgan fingerprint density at radius 2 is 2.05 bits per heavy atom. The molecule has 0 aliphatic heterocycles. The van der Waals surface area contributed by atoms with Gasteiger partial charge in [0.15, 0.2) is 0 Å². The number of carbonyl (C=O) groups excluding carboxylic acids is 2. The number of amides is 3. The summed E-state index contributed by atoms with van der Waals surface area (Å²) in [6, 6.07) is 6.74. The fourth-order valence-corrected chi connectivity index (χ4v) is 1.92. The van der Waals surface area contributed by atoms with Gasteiger partial charge in [-0.15, -0.1) is 0 Å². The summed E-state index contributed by atoms with van der Waals surface area (Å²) in [6.45, 7) is 4.43. The number of halogens is 1. The number of hydrogen-bond donors (Lipinski definition) is 3. The maximum atomic E-state index is 11.6. The first-order chi connectivity index (χ1) is 9.02. The molecule has 0 spiro atoms. The van der Waals surface area contributed by atoms with Crippen LogP contribution in [0, 0.1) is 0 Å². The molecule has 0 fully saturated rings. The van der Waals surface area contributed by atoms with Crippen LogP contribution in [0.4, 0.5) is 4.79 Å². The summed E-state index contributed by atoms with van der Waals surface area (Å²) >= 11 is 3.36. The molecule has 5 nitrogen and oxygen atoms in total. The first-order valence-electron chi connectivity index (χ1n) is 6.09. The summed E-state index contributed by atoms with van der Waals surface area (Å²) in [6.07, 6.45) is 0. The second-order valence-electron chi connectivity index (χ2n) is 4.07. The van der Waals surface area contributed by atoms with E-state index in [9.17, 15) is 9.59 Å². The molecule has 0 radical (unpaired) electrons. The lowest BCUT2D eigenvalue weighted by molar-refractivity contribution is -0.122. The second kappa shape index (κ2) is 7.78. The van der Waals surface area contributed by atoms with Crippen molar-refractivity contribution in [3.63, 3.8) is 0 Å². The van der Waals surface area contributed by atoms with Crippen LogP contribution in [-0.4, -0.2) is 24.5 Å². The summed E-state index contributed by atoms with van der Waals surface area (Å²) in [5.41, 5.74) is 0.982. The van der Waals surface area contributed by atoms with Crippen LogP contribution >= 0.6 is 15.9 Å². The molecule has 0 bridgehead atoms. The van der Waals surface area contributed by atoms with E-state index in [2.05, 4.69) is 31.9 Å². The van der Waals surface area contributed by atoms with E-state index in [4.69, 9.17) is 0 Å². The van der Waals surface area contributed by atoms with Crippen molar-refractivity contribution in [1.29, 1.82) is 0 Å². The SMILES string of the molecule is CCNC(=O)[C@H](C)NC(=O)NCc1cccc(Br)c1. The molecule has 0 heterocycles. The molecule has 1 atom stereocenters. The van der Waals surface area contributed by atoms with Crippen LogP contribution in [0.2, 0.25) is 0 Å². The van der Waals surface area contributed by atoms with Crippen LogP contribution in [0.25, 0.3) is 0 Å². The molecule has 1 aromatic rings. The predicted molar refractivity (Wildman–Crippen MR) is 77.7 cm³/mol. The van der Waals surface area contributed by atoms with Gasteiger partial charge in [-0.2, -0.15) is 0 Å². The van der Waals surface area contributed by atoms with E-state index in [0.29, 0.717) is 13.1 Å². The Kier molecular flexibility index (Phi) is 6.35. The van der Waals surface area contributed by atoms with Gasteiger partial charge >= 0.3 is 6.03 Å². The zero-order chi connectivity index (χ0) is 14.3. The Morgan fingerprint density at radius 1 is 1.32 bits per heavy atom. The minimum atomic E-state index is -0.553. The smallest absolute Gasteiger partial charge is 0.315 e. The lowest BCUT2D eigenvalue weighted by atomic mass is 10.2. The number of urea groups is 1. The molecule has 0 saturated heterocycles. The van der Waals surface area contributed by atoms with Crippen LogP contribution in [-0.2, 0) is 11.3 Å². The van der Waals surface area contributed by atoms with E-state index >= 15 is 0 Å². The standard InChI is InChI=1S/C13H18BrN3O2/c1-3-15-12(18)9(2)17-13(19)16-8-10-5-4-6-11(14)7-10/h4-7,9H,3,8H2,1-2H3,(H,15,18)(H2,16,17,19)/t9-/m0/s1. The summed E-state index contributed by atoms with van der Waals surface area (Å²) < 4.78 is 0.961. The molecular weight excluding hydrogens is 310 g/mol. The average molecular weight is 328 g/mol. The van der Waals surface area contributed by atoms with Gasteiger partial charge in [0.2, 0.25) is 5.91 Å². The predicted octanol–water partition coefficient (Wildman–Crippen LogP) is 1.77. The van der Waals surface area contributed by atoms with Crippen LogP contribution in [0.15, 0.2) is 28.7 Å². The van der Waals surface area contributed by atoms with Crippen molar-refractivity contribution in [2.24, 2.45) is 0 Å². The number of likely N-dealkylation sites (N-methyl/N-ethyl adjacent to an activating group) is 1. The summed E-state index contributed by atoms with van der Waals surface area (Å²) in [4.78, 5) is 23.0. The lowest BCUT2D eigenvalue weighted by Crippen LogP contribution is -2.48. The summed E-state index contributed by atoms with van der Waals surface area (Å²) in [5.74, 6) is -0.194. The van der Waals surface area contributed by atoms with Crippen LogP contribution in [0.3, 0.4) is 0 Å². The third-order valence-electron chi connectivity index (χ3n) is 2.43. The molecule has 19 heavy (non-hydrogen) atoms. The molecule has 1 aromatic carbocycles. The maximum Gasteiger partial charge on any atom is 0.315 e. The zero-order valence-electron chi connectivity index (χ0n) is 11.0. The van der Waals surface area contributed by atoms with Crippen molar-refractivity contribution in [1.82, 2.24) is 16.0 Å². The van der Waals surface area contributed by atoms with Crippen molar-refractivity contribution >= 4 is 27.9 Å². The van der Waals surface area contributed by atoms with Crippen LogP contribution in [0.1, 0.15) is 19.4 Å². The summed E-state index contributed by atoms with van der Waals surface area (Å²) in [5, 5.41) is 7.92. The van der Waals surface area contributed by atoms with Crippen molar-refractivity contribution in [3.8, 4) is 0 Å². The maximum absolute atomic E-state index is 11.6. The highest BCUT2D eigenvalue weighted by atomic mass is 79.9. The van der Waals surface area contributed by atoms with Crippen molar-refractivity contribution in [3.05, 3.63) is 34.3 Å². The highest BCUT2D eigenvalue weighted by molar-refractivity contribution is 9.10. The highest BCUT2D eigenvalue weighted by Crippen LogP contribution is 2.11. The molecule has 0 aliphatic rings. The van der Waals surface area contributed by atoms with E-state index < -0.39 is 6.04 Å². The van der Waals surface area contributed by atoms with Crippen LogP contribution < -0.4 is 16.0 Å². The molecule has 1 rings (SSSR count). The number of rotatable bonds is 5. The van der Waals surface area contributed by atoms with Gasteiger partial charge in [0.05, 0.1) is 0 Å². The van der Waals surface area contributed by atoms with E-state index in [1.807, 2.05) is 31.2 Å². The molecule has 104 valence electrons. The van der Waals surface area contributed by atoms with Crippen molar-refractivity contribution in [2.45, 2.75) is 26.4 Å². The van der Waals surface area contributed by atoms with E-state index in [1.54, 1.807) is 6.92 Å². The van der Waals surface area contributed by atoms with Gasteiger partial charge in [-0.25, -0.2) is 4.79 Å². The third-order valence-corrected chi connectivity index (χ3v) is 2.93. The highest BCUT2D eigenvalue weighted by Gasteiger charge is 2.13. The molecule has 0 aromatic heterocycles. The molecule has 6 heteroatoms. The lowest BCUT2D eigenvalue weighted by Gasteiger charge is -2.14. The zero-order valence-corrected chi connectivity index (χ0v) is 12.6. The summed E-state index contributed by atoms with van der Waals surface area (Å²) in [7, 11) is 0. The Bertz CT molecular complexity index is 451. The second-order valence-corrected chi connectivity index (χ2v) is 4.99. The fraction of sp³-hybridized carbons (Fsp3) is 0.385. The fourth-order valence-electron chi connectivity index (χ4n) is 1.47. The molecule has 3 amide bonds. The Morgan fingerprint density at radius 3 is 2.68 bits per heavy atom. The van der Waals surface area contributed by atoms with E-state index in [0.717, 1.165) is 10.0 Å². The molecule has 0 aliphatic carbocycles. The van der Waals surface area contributed by atoms with Gasteiger partial charge in [0, 0.05) is 17.6 Å². The van der Waals surface area contributed by atoms with Crippen molar-refractivity contribution < 1.29 is 9.59 Å². The topological polar surface area (TPSA) is 70.2 Å². The average Bonchev–Trinajstić information content (AvgIpc) is 2.36. The Labute approximate surface area is 121 Å². The third kappa shape index (κ3) is 5.74.